The molecule has 1 saturated carbocycles. The highest BCUT2D eigenvalue weighted by Gasteiger charge is 2.41. The van der Waals surface area contributed by atoms with E-state index in [0.717, 1.165) is 25.7 Å². The number of hydrogen-bond acceptors (Lipinski definition) is 5. The third kappa shape index (κ3) is 3.02. The second kappa shape index (κ2) is 6.43. The zero-order chi connectivity index (χ0) is 17.2. The lowest BCUT2D eigenvalue weighted by Gasteiger charge is -2.26. The molecule has 0 aliphatic heterocycles. The standard InChI is InChI=1S/C17H19N3O4/c1-2-13-18-16(20-24-13)17(8-3-4-9-17)19-14(21)11-6-5-7-12(10-11)15(22)23/h5-7,10H,2-4,8-9H2,1H3,(H,19,21)(H,22,23). The zero-order valence-electron chi connectivity index (χ0n) is 13.4. The first-order chi connectivity index (χ1) is 11.5. The van der Waals surface area contributed by atoms with Crippen molar-refractivity contribution in [3.63, 3.8) is 0 Å². The van der Waals surface area contributed by atoms with Gasteiger partial charge in [-0.1, -0.05) is 31.0 Å². The van der Waals surface area contributed by atoms with E-state index in [0.29, 0.717) is 23.7 Å². The highest BCUT2D eigenvalue weighted by molar-refractivity contribution is 5.97. The Labute approximate surface area is 139 Å². The summed E-state index contributed by atoms with van der Waals surface area (Å²) in [5.74, 6) is -0.355. The summed E-state index contributed by atoms with van der Waals surface area (Å²) in [6.45, 7) is 1.93. The van der Waals surface area contributed by atoms with Gasteiger partial charge in [-0.2, -0.15) is 4.98 Å². The van der Waals surface area contributed by atoms with Crippen LogP contribution in [0.5, 0.6) is 0 Å². The third-order valence-corrected chi connectivity index (χ3v) is 4.38. The van der Waals surface area contributed by atoms with Crippen LogP contribution in [0.2, 0.25) is 0 Å². The molecule has 1 fully saturated rings. The SMILES string of the molecule is CCc1nc(C2(NC(=O)c3cccc(C(=O)O)c3)CCCC2)no1. The van der Waals surface area contributed by atoms with Gasteiger partial charge in [0.25, 0.3) is 5.91 Å². The summed E-state index contributed by atoms with van der Waals surface area (Å²) in [6, 6.07) is 5.98. The summed E-state index contributed by atoms with van der Waals surface area (Å²) in [5.41, 5.74) is -0.260. The molecule has 1 aliphatic carbocycles. The van der Waals surface area contributed by atoms with Crippen LogP contribution >= 0.6 is 0 Å². The molecule has 0 spiro atoms. The first-order valence-electron chi connectivity index (χ1n) is 8.03. The molecule has 7 nitrogen and oxygen atoms in total. The first kappa shape index (κ1) is 16.2. The van der Waals surface area contributed by atoms with Gasteiger partial charge in [0.15, 0.2) is 5.82 Å². The van der Waals surface area contributed by atoms with Gasteiger partial charge in [-0.25, -0.2) is 4.79 Å². The number of amides is 1. The van der Waals surface area contributed by atoms with Crippen molar-refractivity contribution in [3.8, 4) is 0 Å². The second-order valence-electron chi connectivity index (χ2n) is 5.99. The van der Waals surface area contributed by atoms with Crippen molar-refractivity contribution in [3.05, 3.63) is 47.1 Å². The maximum Gasteiger partial charge on any atom is 0.335 e. The lowest BCUT2D eigenvalue weighted by Crippen LogP contribution is -2.44. The van der Waals surface area contributed by atoms with Gasteiger partial charge in [-0.3, -0.25) is 4.79 Å². The van der Waals surface area contributed by atoms with E-state index in [1.807, 2.05) is 6.92 Å². The molecule has 24 heavy (non-hydrogen) atoms. The summed E-state index contributed by atoms with van der Waals surface area (Å²) in [7, 11) is 0. The molecule has 3 rings (SSSR count). The van der Waals surface area contributed by atoms with Crippen molar-refractivity contribution in [2.24, 2.45) is 0 Å². The number of aromatic carboxylic acids is 1. The molecule has 1 aliphatic rings. The van der Waals surface area contributed by atoms with Crippen LogP contribution in [0.3, 0.4) is 0 Å². The molecule has 1 aromatic heterocycles. The molecule has 0 atom stereocenters. The molecule has 0 radical (unpaired) electrons. The van der Waals surface area contributed by atoms with Crippen molar-refractivity contribution < 1.29 is 19.2 Å². The van der Waals surface area contributed by atoms with E-state index in [1.54, 1.807) is 12.1 Å². The predicted octanol–water partition coefficient (Wildman–Crippen LogP) is 2.53. The Morgan fingerprint density at radius 3 is 2.62 bits per heavy atom. The van der Waals surface area contributed by atoms with Crippen LogP contribution < -0.4 is 5.32 Å². The number of rotatable bonds is 5. The predicted molar refractivity (Wildman–Crippen MR) is 84.7 cm³/mol. The van der Waals surface area contributed by atoms with Gasteiger partial charge in [-0.15, -0.1) is 0 Å². The van der Waals surface area contributed by atoms with Gasteiger partial charge >= 0.3 is 5.97 Å². The number of nitrogens with one attached hydrogen (secondary N) is 1. The third-order valence-electron chi connectivity index (χ3n) is 4.38. The Kier molecular flexibility index (Phi) is 4.33. The Balaban J connectivity index is 1.87. The molecular formula is C17H19N3O4. The molecule has 126 valence electrons. The van der Waals surface area contributed by atoms with Gasteiger partial charge in [0.05, 0.1) is 5.56 Å². The number of nitrogens with zero attached hydrogens (tertiary/aromatic N) is 2. The molecule has 0 unspecified atom stereocenters. The van der Waals surface area contributed by atoms with Crippen LogP contribution in [0, 0.1) is 0 Å². The van der Waals surface area contributed by atoms with Crippen LogP contribution in [0.1, 0.15) is 65.0 Å². The molecule has 0 saturated heterocycles. The van der Waals surface area contributed by atoms with E-state index < -0.39 is 11.5 Å². The largest absolute Gasteiger partial charge is 0.478 e. The first-order valence-corrected chi connectivity index (χ1v) is 8.03. The minimum Gasteiger partial charge on any atom is -0.478 e. The van der Waals surface area contributed by atoms with E-state index in [1.165, 1.54) is 12.1 Å². The van der Waals surface area contributed by atoms with Crippen molar-refractivity contribution in [1.82, 2.24) is 15.5 Å². The Morgan fingerprint density at radius 1 is 1.29 bits per heavy atom. The molecule has 2 N–H and O–H groups in total. The summed E-state index contributed by atoms with van der Waals surface area (Å²) >= 11 is 0. The van der Waals surface area contributed by atoms with Crippen LogP contribution in [-0.4, -0.2) is 27.1 Å². The van der Waals surface area contributed by atoms with E-state index in [9.17, 15) is 9.59 Å². The van der Waals surface area contributed by atoms with Crippen LogP contribution in [0.4, 0.5) is 0 Å². The number of carbonyl (C=O) groups excluding carboxylic acids is 1. The number of aryl methyl sites for hydroxylation is 1. The smallest absolute Gasteiger partial charge is 0.335 e. The van der Waals surface area contributed by atoms with E-state index >= 15 is 0 Å². The number of carboxylic acid groups (broad SMARTS) is 1. The fourth-order valence-corrected chi connectivity index (χ4v) is 3.06. The number of benzene rings is 1. The number of carboxylic acids is 1. The number of carbonyl (C=O) groups is 2. The van der Waals surface area contributed by atoms with Gasteiger partial charge < -0.3 is 14.9 Å². The Morgan fingerprint density at radius 2 is 2.00 bits per heavy atom. The Bertz CT molecular complexity index is 763. The average Bonchev–Trinajstić information content (AvgIpc) is 3.24. The topological polar surface area (TPSA) is 105 Å². The maximum atomic E-state index is 12.6. The number of aromatic nitrogens is 2. The van der Waals surface area contributed by atoms with Crippen molar-refractivity contribution in [2.75, 3.05) is 0 Å². The number of hydrogen-bond donors (Lipinski definition) is 2. The maximum absolute atomic E-state index is 12.6. The molecule has 0 bridgehead atoms. The van der Waals surface area contributed by atoms with E-state index in [2.05, 4.69) is 15.5 Å². The lowest BCUT2D eigenvalue weighted by molar-refractivity contribution is 0.0697. The highest BCUT2D eigenvalue weighted by Crippen LogP contribution is 2.37. The molecule has 1 aromatic carbocycles. The van der Waals surface area contributed by atoms with Gasteiger partial charge in [0.1, 0.15) is 5.54 Å². The summed E-state index contributed by atoms with van der Waals surface area (Å²) < 4.78 is 5.20. The second-order valence-corrected chi connectivity index (χ2v) is 5.99. The average molecular weight is 329 g/mol. The minimum atomic E-state index is -1.06. The summed E-state index contributed by atoms with van der Waals surface area (Å²) in [5, 5.41) is 16.1. The highest BCUT2D eigenvalue weighted by atomic mass is 16.5. The van der Waals surface area contributed by atoms with Gasteiger partial charge in [0, 0.05) is 12.0 Å². The van der Waals surface area contributed by atoms with Crippen molar-refractivity contribution in [1.29, 1.82) is 0 Å². The van der Waals surface area contributed by atoms with Crippen LogP contribution in [0.25, 0.3) is 0 Å². The molecule has 7 heteroatoms. The minimum absolute atomic E-state index is 0.0796. The normalized spacial score (nSPS) is 16.0. The van der Waals surface area contributed by atoms with Crippen LogP contribution in [0.15, 0.2) is 28.8 Å². The molecule has 1 heterocycles. The molecule has 2 aromatic rings. The van der Waals surface area contributed by atoms with Crippen LogP contribution in [-0.2, 0) is 12.0 Å². The fourth-order valence-electron chi connectivity index (χ4n) is 3.06. The van der Waals surface area contributed by atoms with Gasteiger partial charge in [0.2, 0.25) is 5.89 Å². The molecular weight excluding hydrogens is 310 g/mol. The van der Waals surface area contributed by atoms with Crippen molar-refractivity contribution >= 4 is 11.9 Å². The molecule has 1 amide bonds. The quantitative estimate of drug-likeness (QED) is 0.873. The summed E-state index contributed by atoms with van der Waals surface area (Å²) in [4.78, 5) is 28.1. The zero-order valence-corrected chi connectivity index (χ0v) is 13.4. The summed E-state index contributed by atoms with van der Waals surface area (Å²) in [6.07, 6.45) is 4.04. The fraction of sp³-hybridized carbons (Fsp3) is 0.412. The monoisotopic (exact) mass is 329 g/mol. The van der Waals surface area contributed by atoms with E-state index in [-0.39, 0.29) is 11.5 Å². The van der Waals surface area contributed by atoms with E-state index in [4.69, 9.17) is 9.63 Å². The van der Waals surface area contributed by atoms with Gasteiger partial charge in [-0.05, 0) is 31.0 Å². The Hall–Kier alpha value is -2.70. The lowest BCUT2D eigenvalue weighted by atomic mass is 9.95. The van der Waals surface area contributed by atoms with Crippen molar-refractivity contribution in [2.45, 2.75) is 44.6 Å².